The molecule has 0 aromatic carbocycles. The lowest BCUT2D eigenvalue weighted by molar-refractivity contribution is -0.160. The van der Waals surface area contributed by atoms with Gasteiger partial charge in [-0.2, -0.15) is 0 Å². The molecule has 2 heterocycles. The third kappa shape index (κ3) is 3.43. The molecule has 1 aliphatic carbocycles. The van der Waals surface area contributed by atoms with E-state index in [0.29, 0.717) is 24.8 Å². The third-order valence-electron chi connectivity index (χ3n) is 5.11. The van der Waals surface area contributed by atoms with Gasteiger partial charge >= 0.3 is 5.97 Å². The molecule has 2 fully saturated rings. The van der Waals surface area contributed by atoms with Crippen molar-refractivity contribution in [3.8, 4) is 0 Å². The molecule has 1 amide bonds. The summed E-state index contributed by atoms with van der Waals surface area (Å²) in [5, 5.41) is 17.4. The van der Waals surface area contributed by atoms with E-state index in [-0.39, 0.29) is 18.9 Å². The Morgan fingerprint density at radius 1 is 1.42 bits per heavy atom. The largest absolute Gasteiger partial charge is 0.479 e. The lowest BCUT2D eigenvalue weighted by Gasteiger charge is -2.24. The molecule has 8 heteroatoms. The Labute approximate surface area is 140 Å². The van der Waals surface area contributed by atoms with E-state index in [2.05, 4.69) is 10.3 Å². The number of rotatable bonds is 6. The average molecular weight is 336 g/mol. The zero-order valence-corrected chi connectivity index (χ0v) is 14.0. The molecule has 1 aromatic heterocycles. The van der Waals surface area contributed by atoms with Crippen LogP contribution in [-0.4, -0.2) is 62.2 Å². The van der Waals surface area contributed by atoms with Gasteiger partial charge in [-0.1, -0.05) is 18.1 Å². The van der Waals surface area contributed by atoms with Gasteiger partial charge < -0.3 is 14.7 Å². The van der Waals surface area contributed by atoms with Crippen LogP contribution in [0, 0.1) is 0 Å². The summed E-state index contributed by atoms with van der Waals surface area (Å²) in [6.45, 7) is 0.575. The average Bonchev–Trinajstić information content (AvgIpc) is 3.28. The number of aliphatic carboxylic acids is 1. The minimum atomic E-state index is -1.20. The second-order valence-electron chi connectivity index (χ2n) is 6.78. The highest BCUT2D eigenvalue weighted by molar-refractivity contribution is 5.78. The molecule has 1 unspecified atom stereocenters. The van der Waals surface area contributed by atoms with Gasteiger partial charge in [-0.05, 0) is 25.7 Å². The summed E-state index contributed by atoms with van der Waals surface area (Å²) in [7, 11) is 1.84. The van der Waals surface area contributed by atoms with Crippen molar-refractivity contribution >= 4 is 11.9 Å². The highest BCUT2D eigenvalue weighted by Crippen LogP contribution is 2.29. The van der Waals surface area contributed by atoms with Crippen molar-refractivity contribution in [1.29, 1.82) is 0 Å². The van der Waals surface area contributed by atoms with Crippen LogP contribution < -0.4 is 0 Å². The van der Waals surface area contributed by atoms with E-state index >= 15 is 0 Å². The summed E-state index contributed by atoms with van der Waals surface area (Å²) in [6.07, 6.45) is 7.48. The second kappa shape index (κ2) is 6.88. The fourth-order valence-corrected chi connectivity index (χ4v) is 3.62. The SMILES string of the molecule is CN(C(=O)Cn1cc(CC2(C(=O)O)CCCO2)nn1)C1CCCC1. The van der Waals surface area contributed by atoms with E-state index in [9.17, 15) is 14.7 Å². The number of carboxylic acid groups (broad SMARTS) is 1. The van der Waals surface area contributed by atoms with E-state index < -0.39 is 11.6 Å². The molecular formula is C16H24N4O4. The number of carboxylic acids is 1. The van der Waals surface area contributed by atoms with Gasteiger partial charge in [0, 0.05) is 32.3 Å². The summed E-state index contributed by atoms with van der Waals surface area (Å²) in [6, 6.07) is 0.322. The Morgan fingerprint density at radius 2 is 2.17 bits per heavy atom. The maximum Gasteiger partial charge on any atom is 0.336 e. The number of amides is 1. The predicted molar refractivity (Wildman–Crippen MR) is 84.3 cm³/mol. The number of hydrogen-bond donors (Lipinski definition) is 1. The monoisotopic (exact) mass is 336 g/mol. The fraction of sp³-hybridized carbons (Fsp3) is 0.750. The van der Waals surface area contributed by atoms with Gasteiger partial charge in [0.2, 0.25) is 5.91 Å². The summed E-state index contributed by atoms with van der Waals surface area (Å²) in [5.41, 5.74) is -0.665. The number of aromatic nitrogens is 3. The highest BCUT2D eigenvalue weighted by Gasteiger charge is 2.43. The van der Waals surface area contributed by atoms with Crippen molar-refractivity contribution in [2.75, 3.05) is 13.7 Å². The molecule has 1 N–H and O–H groups in total. The summed E-state index contributed by atoms with van der Waals surface area (Å²) >= 11 is 0. The zero-order valence-electron chi connectivity index (χ0n) is 14.0. The van der Waals surface area contributed by atoms with Crippen LogP contribution in [0.5, 0.6) is 0 Å². The van der Waals surface area contributed by atoms with Crippen molar-refractivity contribution in [2.45, 2.75) is 63.1 Å². The Morgan fingerprint density at radius 3 is 2.79 bits per heavy atom. The highest BCUT2D eigenvalue weighted by atomic mass is 16.5. The molecule has 2 aliphatic rings. The molecule has 24 heavy (non-hydrogen) atoms. The minimum absolute atomic E-state index is 0.00316. The Hall–Kier alpha value is -1.96. The molecule has 1 aliphatic heterocycles. The first-order chi connectivity index (χ1) is 11.5. The Balaban J connectivity index is 1.61. The number of ether oxygens (including phenoxy) is 1. The fourth-order valence-electron chi connectivity index (χ4n) is 3.62. The van der Waals surface area contributed by atoms with Crippen LogP contribution >= 0.6 is 0 Å². The first-order valence-corrected chi connectivity index (χ1v) is 8.52. The summed E-state index contributed by atoms with van der Waals surface area (Å²) in [5.74, 6) is -0.963. The molecule has 132 valence electrons. The van der Waals surface area contributed by atoms with Crippen molar-refractivity contribution in [2.24, 2.45) is 0 Å². The molecule has 1 aromatic rings. The smallest absolute Gasteiger partial charge is 0.336 e. The van der Waals surface area contributed by atoms with Crippen LogP contribution in [0.3, 0.4) is 0 Å². The normalized spacial score (nSPS) is 24.4. The molecule has 1 saturated heterocycles. The lowest BCUT2D eigenvalue weighted by atomic mass is 9.95. The molecule has 3 rings (SSSR count). The standard InChI is InChI=1S/C16H24N4O4/c1-19(13-5-2-3-6-13)14(21)11-20-10-12(17-18-20)9-16(15(22)23)7-4-8-24-16/h10,13H,2-9,11H2,1H3,(H,22,23). The predicted octanol–water partition coefficient (Wildman–Crippen LogP) is 0.855. The number of nitrogens with zero attached hydrogens (tertiary/aromatic N) is 4. The number of carbonyl (C=O) groups is 2. The van der Waals surface area contributed by atoms with E-state index in [1.165, 1.54) is 17.5 Å². The molecule has 1 atom stereocenters. The summed E-state index contributed by atoms with van der Waals surface area (Å²) in [4.78, 5) is 25.6. The summed E-state index contributed by atoms with van der Waals surface area (Å²) < 4.78 is 6.93. The maximum atomic E-state index is 12.3. The number of likely N-dealkylation sites (N-methyl/N-ethyl adjacent to an activating group) is 1. The second-order valence-corrected chi connectivity index (χ2v) is 6.78. The molecule has 0 spiro atoms. The zero-order chi connectivity index (χ0) is 17.2. The molecular weight excluding hydrogens is 312 g/mol. The number of carbonyl (C=O) groups excluding carboxylic acids is 1. The van der Waals surface area contributed by atoms with Crippen LogP contribution in [0.2, 0.25) is 0 Å². The van der Waals surface area contributed by atoms with Crippen molar-refractivity contribution < 1.29 is 19.4 Å². The Kier molecular flexibility index (Phi) is 4.84. The quantitative estimate of drug-likeness (QED) is 0.827. The maximum absolute atomic E-state index is 12.3. The minimum Gasteiger partial charge on any atom is -0.479 e. The van der Waals surface area contributed by atoms with Crippen LogP contribution in [-0.2, 0) is 27.3 Å². The number of hydrogen-bond acceptors (Lipinski definition) is 5. The van der Waals surface area contributed by atoms with Crippen LogP contribution in [0.1, 0.15) is 44.2 Å². The van der Waals surface area contributed by atoms with E-state index in [1.54, 1.807) is 11.1 Å². The van der Waals surface area contributed by atoms with Crippen LogP contribution in [0.15, 0.2) is 6.20 Å². The van der Waals surface area contributed by atoms with Gasteiger partial charge in [-0.25, -0.2) is 9.48 Å². The third-order valence-corrected chi connectivity index (χ3v) is 5.11. The van der Waals surface area contributed by atoms with E-state index in [4.69, 9.17) is 4.74 Å². The van der Waals surface area contributed by atoms with Crippen molar-refractivity contribution in [1.82, 2.24) is 19.9 Å². The van der Waals surface area contributed by atoms with Gasteiger partial charge in [0.15, 0.2) is 5.60 Å². The Bertz CT molecular complexity index is 603. The van der Waals surface area contributed by atoms with Crippen molar-refractivity contribution in [3.63, 3.8) is 0 Å². The van der Waals surface area contributed by atoms with Gasteiger partial charge in [-0.15, -0.1) is 5.10 Å². The van der Waals surface area contributed by atoms with Crippen LogP contribution in [0.25, 0.3) is 0 Å². The molecule has 0 radical (unpaired) electrons. The van der Waals surface area contributed by atoms with Gasteiger partial charge in [0.05, 0.1) is 5.69 Å². The van der Waals surface area contributed by atoms with Crippen LogP contribution in [0.4, 0.5) is 0 Å². The van der Waals surface area contributed by atoms with Gasteiger partial charge in [0.25, 0.3) is 0 Å². The first-order valence-electron chi connectivity index (χ1n) is 8.52. The molecule has 0 bridgehead atoms. The first kappa shape index (κ1) is 16.9. The lowest BCUT2D eigenvalue weighted by Crippen LogP contribution is -2.40. The van der Waals surface area contributed by atoms with Gasteiger partial charge in [0.1, 0.15) is 6.54 Å². The molecule has 1 saturated carbocycles. The molecule has 8 nitrogen and oxygen atoms in total. The van der Waals surface area contributed by atoms with Crippen molar-refractivity contribution in [3.05, 3.63) is 11.9 Å². The van der Waals surface area contributed by atoms with E-state index in [1.807, 2.05) is 7.05 Å². The van der Waals surface area contributed by atoms with Gasteiger partial charge in [-0.3, -0.25) is 4.79 Å². The van der Waals surface area contributed by atoms with E-state index in [0.717, 1.165) is 19.3 Å². The topological polar surface area (TPSA) is 97.6 Å².